The van der Waals surface area contributed by atoms with Crippen LogP contribution in [0.2, 0.25) is 0 Å². The molecule has 1 aliphatic rings. The molecule has 2 aromatic rings. The molecule has 3 rings (SSSR count). The topological polar surface area (TPSA) is 46.6 Å². The summed E-state index contributed by atoms with van der Waals surface area (Å²) >= 11 is 0. The third kappa shape index (κ3) is 3.62. The Morgan fingerprint density at radius 2 is 1.65 bits per heavy atom. The Labute approximate surface area is 152 Å². The molecule has 4 nitrogen and oxygen atoms in total. The van der Waals surface area contributed by atoms with Crippen molar-refractivity contribution in [2.75, 3.05) is 20.2 Å². The molecule has 0 saturated carbocycles. The van der Waals surface area contributed by atoms with E-state index in [1.807, 2.05) is 30.3 Å². The van der Waals surface area contributed by atoms with Crippen LogP contribution in [0.25, 0.3) is 0 Å². The van der Waals surface area contributed by atoms with Crippen molar-refractivity contribution < 1.29 is 18.7 Å². The number of esters is 1. The highest BCUT2D eigenvalue weighted by molar-refractivity contribution is 5.84. The highest BCUT2D eigenvalue weighted by atomic mass is 19.1. The Hall–Kier alpha value is -2.69. The van der Waals surface area contributed by atoms with Crippen LogP contribution in [0.1, 0.15) is 24.0 Å². The molecular formula is C21H22FNO3. The molecule has 136 valence electrons. The van der Waals surface area contributed by atoms with E-state index in [9.17, 15) is 14.0 Å². The molecule has 0 aromatic heterocycles. The second-order valence-electron chi connectivity index (χ2n) is 6.62. The summed E-state index contributed by atoms with van der Waals surface area (Å²) in [6.45, 7) is 0.980. The lowest BCUT2D eigenvalue weighted by Crippen LogP contribution is -2.49. The van der Waals surface area contributed by atoms with Crippen molar-refractivity contribution in [3.05, 3.63) is 71.5 Å². The molecule has 1 fully saturated rings. The van der Waals surface area contributed by atoms with Gasteiger partial charge in [0, 0.05) is 13.1 Å². The number of halogens is 1. The van der Waals surface area contributed by atoms with Gasteiger partial charge in [-0.25, -0.2) is 4.39 Å². The van der Waals surface area contributed by atoms with Crippen LogP contribution in [0.4, 0.5) is 4.39 Å². The highest BCUT2D eigenvalue weighted by Crippen LogP contribution is 2.36. The van der Waals surface area contributed by atoms with Crippen LogP contribution in [0.15, 0.2) is 54.6 Å². The second kappa shape index (κ2) is 7.68. The minimum Gasteiger partial charge on any atom is -0.468 e. The van der Waals surface area contributed by atoms with Crippen molar-refractivity contribution in [1.82, 2.24) is 4.90 Å². The van der Waals surface area contributed by atoms with Crippen molar-refractivity contribution in [3.63, 3.8) is 0 Å². The summed E-state index contributed by atoms with van der Waals surface area (Å²) in [5.74, 6) is -0.581. The number of carbonyl (C=O) groups excluding carboxylic acids is 2. The van der Waals surface area contributed by atoms with E-state index in [2.05, 4.69) is 0 Å². The van der Waals surface area contributed by atoms with E-state index in [-0.39, 0.29) is 24.1 Å². The molecule has 0 spiro atoms. The largest absolute Gasteiger partial charge is 0.468 e. The maximum Gasteiger partial charge on any atom is 0.316 e. The average molecular weight is 355 g/mol. The number of hydrogen-bond acceptors (Lipinski definition) is 3. The van der Waals surface area contributed by atoms with Crippen LogP contribution in [-0.4, -0.2) is 37.0 Å². The summed E-state index contributed by atoms with van der Waals surface area (Å²) in [5.41, 5.74) is 1.00. The van der Waals surface area contributed by atoms with Gasteiger partial charge in [0.2, 0.25) is 5.91 Å². The first-order valence-corrected chi connectivity index (χ1v) is 8.71. The van der Waals surface area contributed by atoms with Crippen LogP contribution >= 0.6 is 0 Å². The number of methoxy groups -OCH3 is 1. The van der Waals surface area contributed by atoms with E-state index >= 15 is 0 Å². The number of amides is 1. The standard InChI is InChI=1S/C21H22FNO3/c1-26-20(25)21(17-5-3-2-4-6-17)11-13-23(14-12-21)19(24)15-16-7-9-18(22)10-8-16/h2-10H,11-15H2,1H3. The minimum absolute atomic E-state index is 0.0110. The molecule has 1 aliphatic heterocycles. The van der Waals surface area contributed by atoms with E-state index in [1.54, 1.807) is 17.0 Å². The first-order valence-electron chi connectivity index (χ1n) is 8.71. The maximum absolute atomic E-state index is 13.0. The van der Waals surface area contributed by atoms with E-state index in [4.69, 9.17) is 4.74 Å². The molecule has 5 heteroatoms. The van der Waals surface area contributed by atoms with Crippen molar-refractivity contribution in [2.45, 2.75) is 24.7 Å². The van der Waals surface area contributed by atoms with Crippen molar-refractivity contribution >= 4 is 11.9 Å². The van der Waals surface area contributed by atoms with Gasteiger partial charge in [-0.15, -0.1) is 0 Å². The van der Waals surface area contributed by atoms with Crippen molar-refractivity contribution in [2.24, 2.45) is 0 Å². The van der Waals surface area contributed by atoms with E-state index in [0.717, 1.165) is 11.1 Å². The molecule has 2 aromatic carbocycles. The van der Waals surface area contributed by atoms with E-state index in [0.29, 0.717) is 25.9 Å². The number of nitrogens with zero attached hydrogens (tertiary/aromatic N) is 1. The lowest BCUT2D eigenvalue weighted by atomic mass is 9.72. The summed E-state index contributed by atoms with van der Waals surface area (Å²) < 4.78 is 18.1. The van der Waals surface area contributed by atoms with Crippen molar-refractivity contribution in [3.8, 4) is 0 Å². The average Bonchev–Trinajstić information content (AvgIpc) is 2.69. The summed E-state index contributed by atoms with van der Waals surface area (Å²) in [5, 5.41) is 0. The summed E-state index contributed by atoms with van der Waals surface area (Å²) in [4.78, 5) is 26.9. The third-order valence-electron chi connectivity index (χ3n) is 5.14. The van der Waals surface area contributed by atoms with Crippen LogP contribution in [0, 0.1) is 5.82 Å². The number of likely N-dealkylation sites (tertiary alicyclic amines) is 1. The van der Waals surface area contributed by atoms with E-state index < -0.39 is 5.41 Å². The third-order valence-corrected chi connectivity index (χ3v) is 5.14. The van der Waals surface area contributed by atoms with Crippen molar-refractivity contribution in [1.29, 1.82) is 0 Å². The van der Waals surface area contributed by atoms with Gasteiger partial charge in [0.05, 0.1) is 18.9 Å². The summed E-state index contributed by atoms with van der Waals surface area (Å²) in [7, 11) is 1.40. The van der Waals surface area contributed by atoms with Gasteiger partial charge in [0.25, 0.3) is 0 Å². The zero-order valence-electron chi connectivity index (χ0n) is 14.8. The molecule has 1 amide bonds. The number of hydrogen-bond donors (Lipinski definition) is 0. The first-order chi connectivity index (χ1) is 12.5. The Bertz CT molecular complexity index is 766. The molecule has 0 N–H and O–H groups in total. The normalized spacial score (nSPS) is 16.2. The molecule has 26 heavy (non-hydrogen) atoms. The summed E-state index contributed by atoms with van der Waals surface area (Å²) in [6, 6.07) is 15.6. The number of benzene rings is 2. The fraction of sp³-hybridized carbons (Fsp3) is 0.333. The molecular weight excluding hydrogens is 333 g/mol. The fourth-order valence-corrected chi connectivity index (χ4v) is 3.59. The number of rotatable bonds is 4. The SMILES string of the molecule is COC(=O)C1(c2ccccc2)CCN(C(=O)Cc2ccc(F)cc2)CC1. The Kier molecular flexibility index (Phi) is 5.35. The Morgan fingerprint density at radius 3 is 2.23 bits per heavy atom. The zero-order chi connectivity index (χ0) is 18.6. The minimum atomic E-state index is -0.706. The van der Waals surface area contributed by atoms with Crippen LogP contribution in [0.5, 0.6) is 0 Å². The molecule has 0 unspecified atom stereocenters. The lowest BCUT2D eigenvalue weighted by molar-refractivity contribution is -0.151. The van der Waals surface area contributed by atoms with Crippen LogP contribution < -0.4 is 0 Å². The smallest absolute Gasteiger partial charge is 0.316 e. The quantitative estimate of drug-likeness (QED) is 0.792. The van der Waals surface area contributed by atoms with Gasteiger partial charge >= 0.3 is 5.97 Å². The van der Waals surface area contributed by atoms with Gasteiger partial charge in [-0.1, -0.05) is 42.5 Å². The molecule has 0 radical (unpaired) electrons. The molecule has 0 atom stereocenters. The predicted octanol–water partition coefficient (Wildman–Crippen LogP) is 3.10. The second-order valence-corrected chi connectivity index (χ2v) is 6.62. The molecule has 0 aliphatic carbocycles. The fourth-order valence-electron chi connectivity index (χ4n) is 3.59. The summed E-state index contributed by atoms with van der Waals surface area (Å²) in [6.07, 6.45) is 1.29. The lowest BCUT2D eigenvalue weighted by Gasteiger charge is -2.40. The Morgan fingerprint density at radius 1 is 1.04 bits per heavy atom. The number of ether oxygens (including phenoxy) is 1. The monoisotopic (exact) mass is 355 g/mol. The first kappa shape index (κ1) is 18.1. The van der Waals surface area contributed by atoms with Gasteiger partial charge in [-0.05, 0) is 36.1 Å². The van der Waals surface area contributed by atoms with Crippen LogP contribution in [0.3, 0.4) is 0 Å². The molecule has 1 saturated heterocycles. The Balaban J connectivity index is 1.70. The predicted molar refractivity (Wildman–Crippen MR) is 96.1 cm³/mol. The number of piperidine rings is 1. The highest BCUT2D eigenvalue weighted by Gasteiger charge is 2.44. The number of carbonyl (C=O) groups is 2. The van der Waals surface area contributed by atoms with Gasteiger partial charge in [0.15, 0.2) is 0 Å². The van der Waals surface area contributed by atoms with Crippen LogP contribution in [-0.2, 0) is 26.2 Å². The van der Waals surface area contributed by atoms with Gasteiger partial charge in [0.1, 0.15) is 5.82 Å². The van der Waals surface area contributed by atoms with E-state index in [1.165, 1.54) is 19.2 Å². The van der Waals surface area contributed by atoms with Gasteiger partial charge in [-0.3, -0.25) is 9.59 Å². The zero-order valence-corrected chi connectivity index (χ0v) is 14.8. The van der Waals surface area contributed by atoms with Gasteiger partial charge < -0.3 is 9.64 Å². The maximum atomic E-state index is 13.0. The van der Waals surface area contributed by atoms with Gasteiger partial charge in [-0.2, -0.15) is 0 Å². The molecule has 1 heterocycles. The molecule has 0 bridgehead atoms.